The maximum Gasteiger partial charge on any atom is 0.229 e. The molecule has 2 aromatic rings. The highest BCUT2D eigenvalue weighted by atomic mass is 32.2. The number of hydrogen-bond acceptors (Lipinski definition) is 7. The molecule has 3 heterocycles. The lowest BCUT2D eigenvalue weighted by Gasteiger charge is -2.29. The molecule has 0 spiro atoms. The Balaban J connectivity index is 1.69. The van der Waals surface area contributed by atoms with Crippen molar-refractivity contribution in [2.75, 3.05) is 24.7 Å². The second kappa shape index (κ2) is 6.55. The average Bonchev–Trinajstić information content (AvgIpc) is 2.55. The van der Waals surface area contributed by atoms with Gasteiger partial charge in [-0.25, -0.2) is 32.7 Å². The van der Waals surface area contributed by atoms with Crippen LogP contribution < -0.4 is 5.32 Å². The quantitative estimate of drug-likeness (QED) is 0.895. The average molecular weight is 334 g/mol. The Labute approximate surface area is 135 Å². The highest BCUT2D eigenvalue weighted by Gasteiger charge is 2.26. The predicted octanol–water partition coefficient (Wildman–Crippen LogP) is 1.15. The summed E-state index contributed by atoms with van der Waals surface area (Å²) in [6.45, 7) is 1.05. The van der Waals surface area contributed by atoms with E-state index in [0.29, 0.717) is 25.0 Å². The van der Waals surface area contributed by atoms with E-state index in [0.717, 1.165) is 18.5 Å². The predicted molar refractivity (Wildman–Crippen MR) is 85.7 cm³/mol. The number of nitrogens with zero attached hydrogens (tertiary/aromatic N) is 5. The number of hydrogen-bond donors (Lipinski definition) is 1. The molecule has 23 heavy (non-hydrogen) atoms. The Kier molecular flexibility index (Phi) is 4.49. The van der Waals surface area contributed by atoms with E-state index in [9.17, 15) is 8.42 Å². The van der Waals surface area contributed by atoms with E-state index in [1.807, 2.05) is 6.07 Å². The molecule has 0 saturated carbocycles. The minimum atomic E-state index is -3.11. The fraction of sp³-hybridized carbons (Fsp3) is 0.429. The Bertz CT molecular complexity index is 760. The molecule has 2 aromatic heterocycles. The van der Waals surface area contributed by atoms with Crippen molar-refractivity contribution in [3.63, 3.8) is 0 Å². The number of anilines is 2. The van der Waals surface area contributed by atoms with Gasteiger partial charge in [-0.1, -0.05) is 0 Å². The zero-order valence-corrected chi connectivity index (χ0v) is 13.6. The van der Waals surface area contributed by atoms with E-state index < -0.39 is 10.0 Å². The lowest BCUT2D eigenvalue weighted by molar-refractivity contribution is 0.318. The van der Waals surface area contributed by atoms with Crippen LogP contribution in [0.1, 0.15) is 24.5 Å². The third kappa shape index (κ3) is 3.99. The van der Waals surface area contributed by atoms with Crippen LogP contribution in [0.2, 0.25) is 0 Å². The first-order valence-corrected chi connectivity index (χ1v) is 9.19. The molecule has 3 rings (SSSR count). The Hall–Kier alpha value is -2.13. The van der Waals surface area contributed by atoms with Gasteiger partial charge in [-0.3, -0.25) is 5.32 Å². The van der Waals surface area contributed by atoms with Crippen molar-refractivity contribution in [2.45, 2.75) is 18.8 Å². The summed E-state index contributed by atoms with van der Waals surface area (Å²) in [5.41, 5.74) is 0.909. The number of aromatic nitrogens is 4. The van der Waals surface area contributed by atoms with Crippen LogP contribution in [0, 0.1) is 0 Å². The molecule has 0 amide bonds. The van der Waals surface area contributed by atoms with Gasteiger partial charge < -0.3 is 0 Å². The van der Waals surface area contributed by atoms with Crippen LogP contribution in [0.15, 0.2) is 30.7 Å². The summed E-state index contributed by atoms with van der Waals surface area (Å²) in [4.78, 5) is 16.8. The first-order chi connectivity index (χ1) is 11.0. The van der Waals surface area contributed by atoms with Crippen molar-refractivity contribution in [1.29, 1.82) is 0 Å². The smallest absolute Gasteiger partial charge is 0.229 e. The van der Waals surface area contributed by atoms with Crippen molar-refractivity contribution in [2.24, 2.45) is 0 Å². The van der Waals surface area contributed by atoms with Crippen molar-refractivity contribution in [3.05, 3.63) is 36.4 Å². The van der Waals surface area contributed by atoms with Crippen molar-refractivity contribution < 1.29 is 8.42 Å². The van der Waals surface area contributed by atoms with Crippen molar-refractivity contribution in [3.8, 4) is 0 Å². The molecule has 0 radical (unpaired) electrons. The normalized spacial score (nSPS) is 17.1. The van der Waals surface area contributed by atoms with Crippen LogP contribution in [0.4, 0.5) is 11.9 Å². The lowest BCUT2D eigenvalue weighted by atomic mass is 9.94. The fourth-order valence-electron chi connectivity index (χ4n) is 2.61. The van der Waals surface area contributed by atoms with Crippen molar-refractivity contribution >= 4 is 21.9 Å². The van der Waals surface area contributed by atoms with Gasteiger partial charge in [-0.2, -0.15) is 0 Å². The minimum absolute atomic E-state index is 0.230. The number of sulfonamides is 1. The Morgan fingerprint density at radius 2 is 1.74 bits per heavy atom. The van der Waals surface area contributed by atoms with Gasteiger partial charge in [0.1, 0.15) is 0 Å². The fourth-order valence-corrected chi connectivity index (χ4v) is 3.48. The highest BCUT2D eigenvalue weighted by Crippen LogP contribution is 2.28. The summed E-state index contributed by atoms with van der Waals surface area (Å²) in [7, 11) is -3.11. The third-order valence-corrected chi connectivity index (χ3v) is 5.11. The zero-order chi connectivity index (χ0) is 16.3. The summed E-state index contributed by atoms with van der Waals surface area (Å²) < 4.78 is 24.6. The van der Waals surface area contributed by atoms with Crippen LogP contribution in [-0.2, 0) is 10.0 Å². The first-order valence-electron chi connectivity index (χ1n) is 7.34. The van der Waals surface area contributed by atoms with Gasteiger partial charge in [-0.05, 0) is 25.0 Å². The topological polar surface area (TPSA) is 101 Å². The molecule has 1 saturated heterocycles. The molecule has 1 aliphatic rings. The summed E-state index contributed by atoms with van der Waals surface area (Å²) in [6.07, 6.45) is 7.73. The Morgan fingerprint density at radius 1 is 1.09 bits per heavy atom. The molecule has 0 atom stereocenters. The van der Waals surface area contributed by atoms with E-state index in [1.165, 1.54) is 10.6 Å². The summed E-state index contributed by atoms with van der Waals surface area (Å²) in [5.74, 6) is 1.11. The monoisotopic (exact) mass is 334 g/mol. The van der Waals surface area contributed by atoms with Crippen LogP contribution in [0.3, 0.4) is 0 Å². The van der Waals surface area contributed by atoms with E-state index in [2.05, 4.69) is 25.3 Å². The summed E-state index contributed by atoms with van der Waals surface area (Å²) in [5, 5.41) is 2.97. The zero-order valence-electron chi connectivity index (χ0n) is 12.8. The second-order valence-corrected chi connectivity index (χ2v) is 7.42. The molecule has 0 unspecified atom stereocenters. The van der Waals surface area contributed by atoms with Crippen LogP contribution in [0.25, 0.3) is 0 Å². The van der Waals surface area contributed by atoms with E-state index >= 15 is 0 Å². The van der Waals surface area contributed by atoms with Crippen LogP contribution >= 0.6 is 0 Å². The molecule has 0 bridgehead atoms. The minimum Gasteiger partial charge on any atom is -0.293 e. The van der Waals surface area contributed by atoms with Gasteiger partial charge in [0, 0.05) is 43.3 Å². The molecule has 0 aliphatic carbocycles. The number of piperidine rings is 1. The summed E-state index contributed by atoms with van der Waals surface area (Å²) >= 11 is 0. The third-order valence-electron chi connectivity index (χ3n) is 3.81. The van der Waals surface area contributed by atoms with Crippen molar-refractivity contribution in [1.82, 2.24) is 24.2 Å². The summed E-state index contributed by atoms with van der Waals surface area (Å²) in [6, 6.07) is 3.61. The van der Waals surface area contributed by atoms with Crippen LogP contribution in [-0.4, -0.2) is 52.0 Å². The van der Waals surface area contributed by atoms with Gasteiger partial charge in [-0.15, -0.1) is 0 Å². The van der Waals surface area contributed by atoms with Gasteiger partial charge in [0.2, 0.25) is 21.9 Å². The maximum atomic E-state index is 11.6. The second-order valence-electron chi connectivity index (χ2n) is 5.44. The highest BCUT2D eigenvalue weighted by molar-refractivity contribution is 7.88. The SMILES string of the molecule is CS(=O)(=O)N1CCC(c2ccnc(Nc3ncccn3)n2)CC1. The molecule has 1 aliphatic heterocycles. The largest absolute Gasteiger partial charge is 0.293 e. The first kappa shape index (κ1) is 15.8. The number of rotatable bonds is 4. The molecule has 1 fully saturated rings. The number of nitrogens with one attached hydrogen (secondary N) is 1. The molecular formula is C14H18N6O2S. The maximum absolute atomic E-state index is 11.6. The molecule has 9 heteroatoms. The lowest BCUT2D eigenvalue weighted by Crippen LogP contribution is -2.37. The molecule has 0 aromatic carbocycles. The molecule has 8 nitrogen and oxygen atoms in total. The standard InChI is InChI=1S/C14H18N6O2S/c1-23(21,22)20-9-4-11(5-10-20)12-3-8-17-14(18-12)19-13-15-6-2-7-16-13/h2-3,6-8,11H,4-5,9-10H2,1H3,(H,15,16,17,18,19). The van der Waals surface area contributed by atoms with Crippen LogP contribution in [0.5, 0.6) is 0 Å². The van der Waals surface area contributed by atoms with E-state index in [-0.39, 0.29) is 5.92 Å². The van der Waals surface area contributed by atoms with E-state index in [1.54, 1.807) is 24.7 Å². The Morgan fingerprint density at radius 3 is 2.39 bits per heavy atom. The van der Waals surface area contributed by atoms with Gasteiger partial charge >= 0.3 is 0 Å². The van der Waals surface area contributed by atoms with Gasteiger partial charge in [0.05, 0.1) is 6.26 Å². The van der Waals surface area contributed by atoms with Gasteiger partial charge in [0.25, 0.3) is 0 Å². The molecular weight excluding hydrogens is 316 g/mol. The van der Waals surface area contributed by atoms with Gasteiger partial charge in [0.15, 0.2) is 0 Å². The van der Waals surface area contributed by atoms with E-state index in [4.69, 9.17) is 0 Å². The molecule has 122 valence electrons. The molecule has 1 N–H and O–H groups in total.